The first-order chi connectivity index (χ1) is 13.7. The fraction of sp³-hybridized carbons (Fsp3) is 0.391. The Morgan fingerprint density at radius 3 is 2.82 bits per heavy atom. The number of fused-ring (bicyclic) bond motifs is 1. The van der Waals surface area contributed by atoms with Gasteiger partial charge in [0.15, 0.2) is 11.9 Å². The molecule has 0 N–H and O–H groups in total. The van der Waals surface area contributed by atoms with Gasteiger partial charge in [-0.15, -0.1) is 0 Å². The first kappa shape index (κ1) is 18.5. The molecule has 4 rings (SSSR count). The zero-order valence-electron chi connectivity index (χ0n) is 15.9. The summed E-state index contributed by atoms with van der Waals surface area (Å²) in [6.45, 7) is 0.701. The molecule has 0 saturated carbocycles. The van der Waals surface area contributed by atoms with Crippen LogP contribution >= 0.6 is 0 Å². The van der Waals surface area contributed by atoms with E-state index in [9.17, 15) is 9.59 Å². The largest absolute Gasteiger partial charge is 0.482 e. The summed E-state index contributed by atoms with van der Waals surface area (Å²) in [5.74, 6) is 0.756. The first-order valence-electron chi connectivity index (χ1n) is 9.96. The number of benzene rings is 1. The number of ether oxygens (including phenoxy) is 2. The minimum absolute atomic E-state index is 0.0350. The first-order valence-corrected chi connectivity index (χ1v) is 9.96. The number of hydrogen-bond acceptors (Lipinski definition) is 4. The van der Waals surface area contributed by atoms with E-state index in [0.29, 0.717) is 13.0 Å². The molecule has 1 fully saturated rings. The van der Waals surface area contributed by atoms with Crippen LogP contribution < -0.4 is 0 Å². The molecule has 1 unspecified atom stereocenters. The van der Waals surface area contributed by atoms with E-state index in [1.165, 1.54) is 16.9 Å². The lowest BCUT2D eigenvalue weighted by atomic mass is 9.88. The number of carbonyl (C=O) groups is 2. The zero-order chi connectivity index (χ0) is 19.3. The Kier molecular flexibility index (Phi) is 5.60. The van der Waals surface area contributed by atoms with E-state index in [1.54, 1.807) is 0 Å². The minimum Gasteiger partial charge on any atom is -0.482 e. The summed E-state index contributed by atoms with van der Waals surface area (Å²) in [5, 5.41) is 0. The molecule has 1 aliphatic heterocycles. The highest BCUT2D eigenvalue weighted by molar-refractivity contribution is 5.89. The number of nitrogens with zero attached hydrogens (tertiary/aromatic N) is 1. The van der Waals surface area contributed by atoms with Gasteiger partial charge in [-0.2, -0.15) is 0 Å². The molecule has 1 aromatic rings. The molecule has 1 heterocycles. The lowest BCUT2D eigenvalue weighted by Gasteiger charge is -2.32. The molecular weight excluding hydrogens is 354 g/mol. The number of likely N-dealkylation sites (tertiary alicyclic amines) is 1. The molecule has 1 saturated heterocycles. The van der Waals surface area contributed by atoms with Crippen molar-refractivity contribution >= 4 is 11.9 Å². The quantitative estimate of drug-likeness (QED) is 0.782. The Labute approximate surface area is 165 Å². The standard InChI is InChI=1S/C23H25NO4/c25-20-15-24(23(26)27-16-17-7-2-1-3-8-17)14-13-22(20)28-21-12-6-10-18-9-4-5-11-19(18)21/h1-3,7-8,10-12,22H,4-6,9,13-16H2. The Balaban J connectivity index is 1.30. The smallest absolute Gasteiger partial charge is 0.410 e. The molecule has 5 nitrogen and oxygen atoms in total. The molecule has 5 heteroatoms. The Morgan fingerprint density at radius 1 is 1.14 bits per heavy atom. The maximum atomic E-state index is 12.6. The fourth-order valence-corrected chi connectivity index (χ4v) is 3.85. The van der Waals surface area contributed by atoms with Gasteiger partial charge in [-0.3, -0.25) is 4.79 Å². The number of Topliss-reactive ketones (excluding diaryl/α,β-unsaturated/α-hetero) is 1. The summed E-state index contributed by atoms with van der Waals surface area (Å²) in [6.07, 6.45) is 10.2. The number of allylic oxidation sites excluding steroid dienone is 4. The van der Waals surface area contributed by atoms with Crippen molar-refractivity contribution in [3.63, 3.8) is 0 Å². The summed E-state index contributed by atoms with van der Waals surface area (Å²) in [6, 6.07) is 9.52. The number of amides is 1. The van der Waals surface area contributed by atoms with Crippen molar-refractivity contribution in [3.8, 4) is 0 Å². The lowest BCUT2D eigenvalue weighted by molar-refractivity contribution is -0.132. The topological polar surface area (TPSA) is 55.8 Å². The third-order valence-electron chi connectivity index (χ3n) is 5.38. The van der Waals surface area contributed by atoms with E-state index in [-0.39, 0.29) is 18.9 Å². The number of carbonyl (C=O) groups excluding carboxylic acids is 2. The molecule has 3 aliphatic rings. The summed E-state index contributed by atoms with van der Waals surface area (Å²) >= 11 is 0. The molecule has 0 aromatic heterocycles. The number of hydrogen-bond donors (Lipinski definition) is 0. The van der Waals surface area contributed by atoms with E-state index in [1.807, 2.05) is 30.3 Å². The SMILES string of the molecule is O=C1CN(C(=O)OCc2ccccc2)CCC1OC1=CCC=C2CCCC=C21. The Bertz CT molecular complexity index is 837. The fourth-order valence-electron chi connectivity index (χ4n) is 3.85. The number of piperidine rings is 1. The second kappa shape index (κ2) is 8.46. The second-order valence-corrected chi connectivity index (χ2v) is 7.37. The van der Waals surface area contributed by atoms with Gasteiger partial charge < -0.3 is 14.4 Å². The number of ketones is 1. The Hall–Kier alpha value is -2.82. The van der Waals surface area contributed by atoms with Gasteiger partial charge >= 0.3 is 6.09 Å². The van der Waals surface area contributed by atoms with Gasteiger partial charge in [0, 0.05) is 18.5 Å². The highest BCUT2D eigenvalue weighted by Crippen LogP contribution is 2.34. The van der Waals surface area contributed by atoms with Gasteiger partial charge in [-0.1, -0.05) is 42.5 Å². The molecule has 1 amide bonds. The van der Waals surface area contributed by atoms with Gasteiger partial charge in [0.25, 0.3) is 0 Å². The van der Waals surface area contributed by atoms with Crippen LogP contribution in [0, 0.1) is 0 Å². The van der Waals surface area contributed by atoms with Crippen molar-refractivity contribution < 1.29 is 19.1 Å². The molecule has 0 bridgehead atoms. The van der Waals surface area contributed by atoms with Crippen molar-refractivity contribution in [2.75, 3.05) is 13.1 Å². The third kappa shape index (κ3) is 4.19. The Morgan fingerprint density at radius 2 is 2.00 bits per heavy atom. The average Bonchev–Trinajstić information content (AvgIpc) is 2.74. The predicted molar refractivity (Wildman–Crippen MR) is 105 cm³/mol. The van der Waals surface area contributed by atoms with Crippen LogP contribution in [-0.4, -0.2) is 36.0 Å². The second-order valence-electron chi connectivity index (χ2n) is 7.37. The summed E-state index contributed by atoms with van der Waals surface area (Å²) in [5.41, 5.74) is 3.40. The van der Waals surface area contributed by atoms with Crippen LogP contribution in [-0.2, 0) is 20.9 Å². The van der Waals surface area contributed by atoms with Crippen LogP contribution in [0.4, 0.5) is 4.79 Å². The highest BCUT2D eigenvalue weighted by Gasteiger charge is 2.33. The highest BCUT2D eigenvalue weighted by atomic mass is 16.6. The maximum absolute atomic E-state index is 12.6. The predicted octanol–water partition coefficient (Wildman–Crippen LogP) is 4.31. The average molecular weight is 379 g/mol. The van der Waals surface area contributed by atoms with Crippen molar-refractivity contribution in [2.45, 2.75) is 44.8 Å². The van der Waals surface area contributed by atoms with Gasteiger partial charge in [0.2, 0.25) is 0 Å². The molecule has 0 spiro atoms. The van der Waals surface area contributed by atoms with E-state index in [4.69, 9.17) is 9.47 Å². The normalized spacial score (nSPS) is 21.9. The van der Waals surface area contributed by atoms with Crippen molar-refractivity contribution in [1.82, 2.24) is 4.90 Å². The molecule has 2 aliphatic carbocycles. The van der Waals surface area contributed by atoms with Crippen LogP contribution in [0.2, 0.25) is 0 Å². The monoisotopic (exact) mass is 379 g/mol. The van der Waals surface area contributed by atoms with Gasteiger partial charge in [-0.25, -0.2) is 4.79 Å². The van der Waals surface area contributed by atoms with Crippen LogP contribution in [0.3, 0.4) is 0 Å². The van der Waals surface area contributed by atoms with Crippen LogP contribution in [0.15, 0.2) is 65.5 Å². The molecule has 0 radical (unpaired) electrons. The summed E-state index contributed by atoms with van der Waals surface area (Å²) < 4.78 is 11.4. The zero-order valence-corrected chi connectivity index (χ0v) is 15.9. The minimum atomic E-state index is -0.494. The molecular formula is C23H25NO4. The van der Waals surface area contributed by atoms with Gasteiger partial charge in [-0.05, 0) is 42.9 Å². The van der Waals surface area contributed by atoms with Crippen LogP contribution in [0.5, 0.6) is 0 Å². The van der Waals surface area contributed by atoms with Crippen LogP contribution in [0.25, 0.3) is 0 Å². The summed E-state index contributed by atoms with van der Waals surface area (Å²) in [4.78, 5) is 26.3. The van der Waals surface area contributed by atoms with Gasteiger partial charge in [0.1, 0.15) is 12.4 Å². The van der Waals surface area contributed by atoms with E-state index in [2.05, 4.69) is 18.2 Å². The number of rotatable bonds is 4. The molecule has 1 aromatic carbocycles. The van der Waals surface area contributed by atoms with E-state index in [0.717, 1.165) is 36.2 Å². The van der Waals surface area contributed by atoms with Gasteiger partial charge in [0.05, 0.1) is 6.54 Å². The van der Waals surface area contributed by atoms with E-state index < -0.39 is 12.2 Å². The molecule has 28 heavy (non-hydrogen) atoms. The third-order valence-corrected chi connectivity index (χ3v) is 5.38. The van der Waals surface area contributed by atoms with Crippen molar-refractivity contribution in [1.29, 1.82) is 0 Å². The maximum Gasteiger partial charge on any atom is 0.410 e. The summed E-state index contributed by atoms with van der Waals surface area (Å²) in [7, 11) is 0. The van der Waals surface area contributed by atoms with E-state index >= 15 is 0 Å². The molecule has 1 atom stereocenters. The van der Waals surface area contributed by atoms with Crippen LogP contribution in [0.1, 0.15) is 37.7 Å². The van der Waals surface area contributed by atoms with Crippen molar-refractivity contribution in [3.05, 3.63) is 71.0 Å². The van der Waals surface area contributed by atoms with Crippen molar-refractivity contribution in [2.24, 2.45) is 0 Å². The molecule has 146 valence electrons. The lowest BCUT2D eigenvalue weighted by Crippen LogP contribution is -2.47.